The molecule has 2 amide bonds. The number of amides is 2. The molecule has 0 saturated carbocycles. The Morgan fingerprint density at radius 1 is 0.967 bits per heavy atom. The molecule has 5 nitrogen and oxygen atoms in total. The Balaban J connectivity index is 1.35. The van der Waals surface area contributed by atoms with Crippen LogP contribution in [0.5, 0.6) is 0 Å². The van der Waals surface area contributed by atoms with Gasteiger partial charge in [-0.25, -0.2) is 8.78 Å². The van der Waals surface area contributed by atoms with Crippen molar-refractivity contribution in [2.24, 2.45) is 0 Å². The molecule has 2 heterocycles. The van der Waals surface area contributed by atoms with Crippen LogP contribution in [0.25, 0.3) is 0 Å². The minimum absolute atomic E-state index is 0.000641. The quantitative estimate of drug-likeness (QED) is 0.836. The maximum Gasteiger partial charge on any atom is 0.254 e. The zero-order valence-electron chi connectivity index (χ0n) is 16.7. The molecule has 0 aromatic heterocycles. The summed E-state index contributed by atoms with van der Waals surface area (Å²) in [5.41, 5.74) is 0.643. The number of likely N-dealkylation sites (tertiary alicyclic amines) is 1. The summed E-state index contributed by atoms with van der Waals surface area (Å²) in [7, 11) is 0. The maximum atomic E-state index is 13.8. The smallest absolute Gasteiger partial charge is 0.254 e. The molecule has 2 aromatic rings. The van der Waals surface area contributed by atoms with Gasteiger partial charge in [0.1, 0.15) is 11.6 Å². The number of carbonyl (C=O) groups excluding carboxylic acids is 2. The summed E-state index contributed by atoms with van der Waals surface area (Å²) in [4.78, 5) is 29.2. The van der Waals surface area contributed by atoms with Gasteiger partial charge in [-0.15, -0.1) is 0 Å². The fourth-order valence-corrected chi connectivity index (χ4v) is 4.36. The Labute approximate surface area is 174 Å². The van der Waals surface area contributed by atoms with Crippen molar-refractivity contribution in [2.75, 3.05) is 24.5 Å². The maximum absolute atomic E-state index is 13.8. The second-order valence-corrected chi connectivity index (χ2v) is 7.89. The van der Waals surface area contributed by atoms with Gasteiger partial charge in [-0.3, -0.25) is 14.5 Å². The van der Waals surface area contributed by atoms with Crippen LogP contribution in [0.2, 0.25) is 0 Å². The Bertz CT molecular complexity index is 928. The van der Waals surface area contributed by atoms with Gasteiger partial charge in [0.2, 0.25) is 5.91 Å². The van der Waals surface area contributed by atoms with Gasteiger partial charge >= 0.3 is 0 Å². The molecular weight excluding hydrogens is 388 g/mol. The van der Waals surface area contributed by atoms with Crippen molar-refractivity contribution in [1.29, 1.82) is 0 Å². The SMILES string of the molecule is O=C(NC1CCN(C2CCCN(c3cccc(F)c3)C2=O)CC1)c1ccccc1F. The number of nitrogens with zero attached hydrogens (tertiary/aromatic N) is 2. The van der Waals surface area contributed by atoms with Crippen molar-refractivity contribution in [2.45, 2.75) is 37.8 Å². The first-order valence-electron chi connectivity index (χ1n) is 10.4. The van der Waals surface area contributed by atoms with E-state index in [4.69, 9.17) is 0 Å². The topological polar surface area (TPSA) is 52.7 Å². The van der Waals surface area contributed by atoms with E-state index in [2.05, 4.69) is 10.2 Å². The summed E-state index contributed by atoms with van der Waals surface area (Å²) in [6, 6.07) is 11.8. The average Bonchev–Trinajstić information content (AvgIpc) is 2.75. The fourth-order valence-electron chi connectivity index (χ4n) is 4.36. The van der Waals surface area contributed by atoms with E-state index in [1.54, 1.807) is 29.2 Å². The van der Waals surface area contributed by atoms with Crippen molar-refractivity contribution in [3.05, 3.63) is 65.7 Å². The van der Waals surface area contributed by atoms with Crippen LogP contribution in [-0.2, 0) is 4.79 Å². The number of piperidine rings is 2. The Morgan fingerprint density at radius 2 is 1.73 bits per heavy atom. The van der Waals surface area contributed by atoms with Gasteiger partial charge in [-0.1, -0.05) is 18.2 Å². The molecule has 0 bridgehead atoms. The van der Waals surface area contributed by atoms with Crippen molar-refractivity contribution in [1.82, 2.24) is 10.2 Å². The molecule has 2 fully saturated rings. The summed E-state index contributed by atoms with van der Waals surface area (Å²) in [6.07, 6.45) is 3.03. The van der Waals surface area contributed by atoms with E-state index < -0.39 is 11.7 Å². The van der Waals surface area contributed by atoms with E-state index in [1.165, 1.54) is 24.3 Å². The lowest BCUT2D eigenvalue weighted by molar-refractivity contribution is -0.125. The highest BCUT2D eigenvalue weighted by Gasteiger charge is 2.36. The van der Waals surface area contributed by atoms with Crippen molar-refractivity contribution < 1.29 is 18.4 Å². The van der Waals surface area contributed by atoms with Gasteiger partial charge in [0.05, 0.1) is 11.6 Å². The van der Waals surface area contributed by atoms with E-state index in [-0.39, 0.29) is 29.4 Å². The van der Waals surface area contributed by atoms with Gasteiger partial charge in [-0.05, 0) is 56.0 Å². The largest absolute Gasteiger partial charge is 0.349 e. The third-order valence-electron chi connectivity index (χ3n) is 5.95. The van der Waals surface area contributed by atoms with Gasteiger partial charge in [0, 0.05) is 31.4 Å². The normalized spacial score (nSPS) is 20.9. The highest BCUT2D eigenvalue weighted by molar-refractivity contribution is 5.98. The van der Waals surface area contributed by atoms with Crippen LogP contribution >= 0.6 is 0 Å². The molecule has 2 aromatic carbocycles. The molecule has 2 saturated heterocycles. The average molecular weight is 413 g/mol. The van der Waals surface area contributed by atoms with Crippen molar-refractivity contribution in [3.8, 4) is 0 Å². The highest BCUT2D eigenvalue weighted by Crippen LogP contribution is 2.26. The van der Waals surface area contributed by atoms with Gasteiger partial charge < -0.3 is 10.2 Å². The molecule has 2 aliphatic heterocycles. The molecule has 30 heavy (non-hydrogen) atoms. The lowest BCUT2D eigenvalue weighted by atomic mass is 9.97. The van der Waals surface area contributed by atoms with E-state index in [0.29, 0.717) is 38.2 Å². The second kappa shape index (κ2) is 8.92. The number of halogens is 2. The first-order chi connectivity index (χ1) is 14.5. The van der Waals surface area contributed by atoms with Crippen LogP contribution in [0.4, 0.5) is 14.5 Å². The van der Waals surface area contributed by atoms with Gasteiger partial charge in [0.25, 0.3) is 5.91 Å². The van der Waals surface area contributed by atoms with Crippen LogP contribution in [0.3, 0.4) is 0 Å². The number of hydrogen-bond acceptors (Lipinski definition) is 3. The standard InChI is InChI=1S/C23H25F2N3O2/c24-16-5-3-6-18(15-16)28-12-4-9-21(23(28)30)27-13-10-17(11-14-27)26-22(29)19-7-1-2-8-20(19)25/h1-3,5-8,15,17,21H,4,9-14H2,(H,26,29). The molecular formula is C23H25F2N3O2. The molecule has 1 atom stereocenters. The molecule has 1 N–H and O–H groups in total. The number of benzene rings is 2. The Kier molecular flexibility index (Phi) is 6.08. The summed E-state index contributed by atoms with van der Waals surface area (Å²) < 4.78 is 27.4. The molecule has 1 unspecified atom stereocenters. The number of nitrogens with one attached hydrogen (secondary N) is 1. The predicted octanol–water partition coefficient (Wildman–Crippen LogP) is 3.35. The van der Waals surface area contributed by atoms with Gasteiger partial charge in [0.15, 0.2) is 0 Å². The first-order valence-corrected chi connectivity index (χ1v) is 10.4. The Morgan fingerprint density at radius 3 is 2.47 bits per heavy atom. The number of carbonyl (C=O) groups is 2. The van der Waals surface area contributed by atoms with Crippen LogP contribution < -0.4 is 10.2 Å². The molecule has 2 aliphatic rings. The fraction of sp³-hybridized carbons (Fsp3) is 0.391. The molecule has 7 heteroatoms. The molecule has 0 spiro atoms. The summed E-state index contributed by atoms with van der Waals surface area (Å²) in [5.74, 6) is -1.29. The third kappa shape index (κ3) is 4.36. The predicted molar refractivity (Wildman–Crippen MR) is 110 cm³/mol. The van der Waals surface area contributed by atoms with Crippen LogP contribution in [0.15, 0.2) is 48.5 Å². The van der Waals surface area contributed by atoms with Crippen LogP contribution in [0, 0.1) is 11.6 Å². The Hall–Kier alpha value is -2.80. The van der Waals surface area contributed by atoms with Gasteiger partial charge in [-0.2, -0.15) is 0 Å². The lowest BCUT2D eigenvalue weighted by Crippen LogP contribution is -2.56. The lowest BCUT2D eigenvalue weighted by Gasteiger charge is -2.41. The first kappa shape index (κ1) is 20.5. The number of anilines is 1. The second-order valence-electron chi connectivity index (χ2n) is 7.89. The zero-order valence-corrected chi connectivity index (χ0v) is 16.7. The minimum Gasteiger partial charge on any atom is -0.349 e. The van der Waals surface area contributed by atoms with E-state index in [0.717, 1.165) is 12.8 Å². The molecule has 0 radical (unpaired) electrons. The van der Waals surface area contributed by atoms with Crippen LogP contribution in [-0.4, -0.2) is 48.4 Å². The highest BCUT2D eigenvalue weighted by atomic mass is 19.1. The monoisotopic (exact) mass is 413 g/mol. The summed E-state index contributed by atoms with van der Waals surface area (Å²) in [6.45, 7) is 1.94. The van der Waals surface area contributed by atoms with E-state index in [1.807, 2.05) is 0 Å². The minimum atomic E-state index is -0.530. The molecule has 158 valence electrons. The van der Waals surface area contributed by atoms with E-state index >= 15 is 0 Å². The summed E-state index contributed by atoms with van der Waals surface area (Å²) in [5, 5.41) is 2.91. The number of hydrogen-bond donors (Lipinski definition) is 1. The summed E-state index contributed by atoms with van der Waals surface area (Å²) >= 11 is 0. The van der Waals surface area contributed by atoms with Crippen LogP contribution in [0.1, 0.15) is 36.0 Å². The number of rotatable bonds is 4. The van der Waals surface area contributed by atoms with E-state index in [9.17, 15) is 18.4 Å². The molecule has 4 rings (SSSR count). The van der Waals surface area contributed by atoms with Crippen molar-refractivity contribution >= 4 is 17.5 Å². The molecule has 0 aliphatic carbocycles. The zero-order chi connectivity index (χ0) is 21.1. The van der Waals surface area contributed by atoms with Crippen molar-refractivity contribution in [3.63, 3.8) is 0 Å². The third-order valence-corrected chi connectivity index (χ3v) is 5.95.